The highest BCUT2D eigenvalue weighted by molar-refractivity contribution is 5.63. The Balaban J connectivity index is 2.84. The molecule has 0 spiro atoms. The normalized spacial score (nSPS) is 11.1. The van der Waals surface area contributed by atoms with Crippen LogP contribution in [0.4, 0.5) is 10.5 Å². The molecule has 0 radical (unpaired) electrons. The molecule has 0 aliphatic rings. The summed E-state index contributed by atoms with van der Waals surface area (Å²) in [5.41, 5.74) is -0.0259. The van der Waals surface area contributed by atoms with Gasteiger partial charge in [-0.2, -0.15) is 4.79 Å². The molecule has 104 valence electrons. The number of quaternary nitrogens is 1. The van der Waals surface area contributed by atoms with Crippen LogP contribution in [0.25, 0.3) is 0 Å². The second kappa shape index (κ2) is 6.29. The zero-order chi connectivity index (χ0) is 14.5. The predicted octanol–water partition coefficient (Wildman–Crippen LogP) is 2.97. The van der Waals surface area contributed by atoms with E-state index in [2.05, 4.69) is 0 Å². The van der Waals surface area contributed by atoms with Crippen LogP contribution in [0.3, 0.4) is 0 Å². The molecular weight excluding hydrogens is 248 g/mol. The minimum Gasteiger partial charge on any atom is -0.381 e. The van der Waals surface area contributed by atoms with E-state index in [4.69, 9.17) is 4.74 Å². The summed E-state index contributed by atoms with van der Waals surface area (Å²) in [5.74, 6) is 0.327. The molecule has 0 bridgehead atoms. The molecule has 0 heterocycles. The van der Waals surface area contributed by atoms with E-state index in [1.807, 2.05) is 20.8 Å². The van der Waals surface area contributed by atoms with Gasteiger partial charge in [0.05, 0.1) is 24.6 Å². The van der Waals surface area contributed by atoms with Crippen molar-refractivity contribution in [2.24, 2.45) is 0 Å². The maximum absolute atomic E-state index is 12.2. The zero-order valence-electron chi connectivity index (χ0n) is 11.5. The van der Waals surface area contributed by atoms with Crippen molar-refractivity contribution >= 4 is 11.8 Å². The quantitative estimate of drug-likeness (QED) is 0.467. The lowest BCUT2D eigenvalue weighted by atomic mass is 10.3. The molecular formula is C13H19N2O4+. The van der Waals surface area contributed by atoms with Gasteiger partial charge in [0.2, 0.25) is 0 Å². The monoisotopic (exact) mass is 267 g/mol. The van der Waals surface area contributed by atoms with Crippen molar-refractivity contribution in [3.63, 3.8) is 0 Å². The van der Waals surface area contributed by atoms with Gasteiger partial charge in [0.25, 0.3) is 5.69 Å². The van der Waals surface area contributed by atoms with Crippen molar-refractivity contribution in [1.29, 1.82) is 0 Å². The van der Waals surface area contributed by atoms with E-state index in [0.29, 0.717) is 25.4 Å². The molecule has 1 amide bonds. The van der Waals surface area contributed by atoms with E-state index in [1.165, 1.54) is 24.3 Å². The maximum Gasteiger partial charge on any atom is 0.521 e. The molecule has 0 saturated heterocycles. The summed E-state index contributed by atoms with van der Waals surface area (Å²) in [4.78, 5) is 22.2. The number of benzene rings is 1. The van der Waals surface area contributed by atoms with E-state index in [1.54, 1.807) is 0 Å². The average molecular weight is 267 g/mol. The Kier molecular flexibility index (Phi) is 5.00. The number of non-ortho nitro benzene ring substituents is 1. The summed E-state index contributed by atoms with van der Waals surface area (Å²) in [6.45, 7) is 7.76. The van der Waals surface area contributed by atoms with Crippen molar-refractivity contribution in [3.8, 4) is 5.75 Å². The summed E-state index contributed by atoms with van der Waals surface area (Å²) in [6, 6.07) is 5.51. The molecule has 0 saturated carbocycles. The molecule has 0 aliphatic heterocycles. The number of nitro benzene ring substituents is 1. The van der Waals surface area contributed by atoms with Crippen LogP contribution in [0.2, 0.25) is 0 Å². The highest BCUT2D eigenvalue weighted by Gasteiger charge is 2.33. The third kappa shape index (κ3) is 3.29. The number of carbonyl (C=O) groups is 1. The molecule has 1 aromatic carbocycles. The second-order valence-corrected chi connectivity index (χ2v) is 4.21. The Bertz CT molecular complexity index is 444. The number of hydrogen-bond acceptors (Lipinski definition) is 4. The smallest absolute Gasteiger partial charge is 0.381 e. The van der Waals surface area contributed by atoms with Crippen LogP contribution in [0, 0.1) is 10.1 Å². The summed E-state index contributed by atoms with van der Waals surface area (Å²) in [6.07, 6.45) is -0.332. The average Bonchev–Trinajstić information content (AvgIpc) is 2.42. The molecule has 0 atom stereocenters. The van der Waals surface area contributed by atoms with Crippen molar-refractivity contribution in [2.45, 2.75) is 20.8 Å². The Labute approximate surface area is 112 Å². The van der Waals surface area contributed by atoms with Crippen molar-refractivity contribution < 1.29 is 18.9 Å². The maximum atomic E-state index is 12.2. The molecule has 0 unspecified atom stereocenters. The van der Waals surface area contributed by atoms with Gasteiger partial charge in [-0.15, -0.1) is 0 Å². The number of hydrogen-bond donors (Lipinski definition) is 0. The molecule has 19 heavy (non-hydrogen) atoms. The lowest BCUT2D eigenvalue weighted by Gasteiger charge is -2.30. The molecule has 0 aliphatic carbocycles. The molecule has 6 heteroatoms. The third-order valence-electron chi connectivity index (χ3n) is 3.46. The highest BCUT2D eigenvalue weighted by atomic mass is 16.6. The van der Waals surface area contributed by atoms with Gasteiger partial charge in [-0.1, -0.05) is 0 Å². The first-order chi connectivity index (χ1) is 8.99. The van der Waals surface area contributed by atoms with Crippen LogP contribution in [-0.2, 0) is 0 Å². The number of rotatable bonds is 5. The lowest BCUT2D eigenvalue weighted by molar-refractivity contribution is -0.850. The van der Waals surface area contributed by atoms with Gasteiger partial charge in [-0.3, -0.25) is 10.1 Å². The van der Waals surface area contributed by atoms with Crippen LogP contribution in [0.1, 0.15) is 20.8 Å². The minimum absolute atomic E-state index is 0.0259. The van der Waals surface area contributed by atoms with Crippen LogP contribution < -0.4 is 4.74 Å². The Morgan fingerprint density at radius 1 is 1.16 bits per heavy atom. The van der Waals surface area contributed by atoms with Gasteiger partial charge in [0.1, 0.15) is 5.75 Å². The Morgan fingerprint density at radius 3 is 2.00 bits per heavy atom. The van der Waals surface area contributed by atoms with E-state index >= 15 is 0 Å². The molecule has 6 nitrogen and oxygen atoms in total. The Hall–Kier alpha value is -1.95. The van der Waals surface area contributed by atoms with E-state index in [-0.39, 0.29) is 16.3 Å². The van der Waals surface area contributed by atoms with Crippen LogP contribution in [0.5, 0.6) is 5.75 Å². The highest BCUT2D eigenvalue weighted by Crippen LogP contribution is 2.19. The number of nitrogens with zero attached hydrogens (tertiary/aromatic N) is 2. The van der Waals surface area contributed by atoms with Gasteiger partial charge in [-0.05, 0) is 32.9 Å². The SMILES string of the molecule is CC[N+](CC)(CC)C(=O)Oc1ccc([N+](=O)[O-])cc1. The zero-order valence-corrected chi connectivity index (χ0v) is 11.5. The number of amides is 1. The fraction of sp³-hybridized carbons (Fsp3) is 0.462. The summed E-state index contributed by atoms with van der Waals surface area (Å²) >= 11 is 0. The largest absolute Gasteiger partial charge is 0.521 e. The number of carbonyl (C=O) groups excluding carboxylic acids is 1. The number of nitro groups is 1. The topological polar surface area (TPSA) is 69.4 Å². The molecule has 0 N–H and O–H groups in total. The number of ether oxygens (including phenoxy) is 1. The van der Waals surface area contributed by atoms with Gasteiger partial charge < -0.3 is 4.74 Å². The standard InChI is InChI=1S/C13H19N2O4/c1-4-15(5-2,6-3)13(16)19-12-9-7-11(8-10-12)14(17)18/h7-10H,4-6H2,1-3H3/q+1. The molecule has 0 aromatic heterocycles. The second-order valence-electron chi connectivity index (χ2n) is 4.21. The lowest BCUT2D eigenvalue weighted by Crippen LogP contribution is -2.53. The fourth-order valence-corrected chi connectivity index (χ4v) is 1.89. The molecule has 1 rings (SSSR count). The predicted molar refractivity (Wildman–Crippen MR) is 71.0 cm³/mol. The summed E-state index contributed by atoms with van der Waals surface area (Å²) in [5, 5.41) is 10.5. The molecule has 1 aromatic rings. The van der Waals surface area contributed by atoms with E-state index in [9.17, 15) is 14.9 Å². The summed E-state index contributed by atoms with van der Waals surface area (Å²) < 4.78 is 5.53. The van der Waals surface area contributed by atoms with Crippen LogP contribution in [-0.4, -0.2) is 35.1 Å². The van der Waals surface area contributed by atoms with E-state index in [0.717, 1.165) is 0 Å². The van der Waals surface area contributed by atoms with Crippen LogP contribution in [0.15, 0.2) is 24.3 Å². The molecule has 0 fully saturated rings. The van der Waals surface area contributed by atoms with Gasteiger partial charge >= 0.3 is 6.09 Å². The van der Waals surface area contributed by atoms with Crippen molar-refractivity contribution in [2.75, 3.05) is 19.6 Å². The first kappa shape index (κ1) is 15.1. The van der Waals surface area contributed by atoms with E-state index < -0.39 is 4.92 Å². The van der Waals surface area contributed by atoms with Gasteiger partial charge in [0, 0.05) is 12.1 Å². The third-order valence-corrected chi connectivity index (χ3v) is 3.46. The van der Waals surface area contributed by atoms with Gasteiger partial charge in [0.15, 0.2) is 0 Å². The minimum atomic E-state index is -0.490. The first-order valence-corrected chi connectivity index (χ1v) is 6.32. The van der Waals surface area contributed by atoms with Crippen LogP contribution >= 0.6 is 0 Å². The Morgan fingerprint density at radius 2 is 1.63 bits per heavy atom. The summed E-state index contributed by atoms with van der Waals surface area (Å²) in [7, 11) is 0. The van der Waals surface area contributed by atoms with Gasteiger partial charge in [-0.25, -0.2) is 4.48 Å². The first-order valence-electron chi connectivity index (χ1n) is 6.32. The van der Waals surface area contributed by atoms with Crippen molar-refractivity contribution in [1.82, 2.24) is 0 Å². The fourth-order valence-electron chi connectivity index (χ4n) is 1.89. The van der Waals surface area contributed by atoms with Crippen molar-refractivity contribution in [3.05, 3.63) is 34.4 Å².